The largest absolute Gasteiger partial charge is 0.352 e. The Bertz CT molecular complexity index is 457. The van der Waals surface area contributed by atoms with Crippen LogP contribution in [0, 0.1) is 11.2 Å². The summed E-state index contributed by atoms with van der Waals surface area (Å²) < 4.78 is 14.3. The smallest absolute Gasteiger partial charge is 0.221 e. The molecular formula is C14H20BrFN2O. The average Bonchev–Trinajstić information content (AvgIpc) is 2.29. The second-order valence-electron chi connectivity index (χ2n) is 5.69. The Hall–Kier alpha value is -0.940. The molecule has 0 fully saturated rings. The number of benzene rings is 1. The van der Waals surface area contributed by atoms with E-state index in [1.54, 1.807) is 12.1 Å². The number of carbonyl (C=O) groups is 1. The van der Waals surface area contributed by atoms with Crippen LogP contribution in [0.25, 0.3) is 0 Å². The van der Waals surface area contributed by atoms with Crippen molar-refractivity contribution in [3.63, 3.8) is 0 Å². The van der Waals surface area contributed by atoms with Crippen LogP contribution in [0.15, 0.2) is 22.7 Å². The molecule has 0 bridgehead atoms. The monoisotopic (exact) mass is 330 g/mol. The molecule has 3 N–H and O–H groups in total. The lowest BCUT2D eigenvalue weighted by molar-refractivity contribution is -0.122. The number of carbonyl (C=O) groups excluding carboxylic acids is 1. The first-order valence-corrected chi connectivity index (χ1v) is 6.95. The van der Waals surface area contributed by atoms with Gasteiger partial charge in [0.1, 0.15) is 5.82 Å². The van der Waals surface area contributed by atoms with Crippen LogP contribution in [-0.2, 0) is 11.3 Å². The predicted molar refractivity (Wildman–Crippen MR) is 78.0 cm³/mol. The molecule has 0 spiro atoms. The van der Waals surface area contributed by atoms with E-state index in [1.807, 2.05) is 20.8 Å². The first-order valence-electron chi connectivity index (χ1n) is 6.16. The van der Waals surface area contributed by atoms with Gasteiger partial charge in [0, 0.05) is 29.0 Å². The van der Waals surface area contributed by atoms with Crippen LogP contribution in [0.5, 0.6) is 0 Å². The van der Waals surface area contributed by atoms with E-state index in [9.17, 15) is 9.18 Å². The molecule has 106 valence electrons. The van der Waals surface area contributed by atoms with Gasteiger partial charge in [0.15, 0.2) is 0 Å². The summed E-state index contributed by atoms with van der Waals surface area (Å²) in [6.07, 6.45) is 0.235. The van der Waals surface area contributed by atoms with Gasteiger partial charge in [-0.05, 0) is 23.6 Å². The summed E-state index contributed by atoms with van der Waals surface area (Å²) in [6.45, 7) is 6.12. The van der Waals surface area contributed by atoms with Crippen molar-refractivity contribution in [1.29, 1.82) is 0 Å². The molecular weight excluding hydrogens is 311 g/mol. The summed E-state index contributed by atoms with van der Waals surface area (Å²) in [6, 6.07) is 4.42. The molecule has 1 rings (SSSR count). The number of hydrogen-bond acceptors (Lipinski definition) is 2. The molecule has 1 unspecified atom stereocenters. The van der Waals surface area contributed by atoms with Gasteiger partial charge in [-0.25, -0.2) is 4.39 Å². The highest BCUT2D eigenvalue weighted by molar-refractivity contribution is 9.10. The molecule has 0 saturated heterocycles. The summed E-state index contributed by atoms with van der Waals surface area (Å²) in [5.41, 5.74) is 6.26. The maximum atomic E-state index is 13.5. The number of nitrogens with two attached hydrogens (primary N) is 1. The zero-order valence-corrected chi connectivity index (χ0v) is 13.1. The number of hydrogen-bond donors (Lipinski definition) is 2. The molecule has 1 amide bonds. The van der Waals surface area contributed by atoms with Gasteiger partial charge >= 0.3 is 0 Å². The summed E-state index contributed by atoms with van der Waals surface area (Å²) in [4.78, 5) is 11.7. The van der Waals surface area contributed by atoms with Gasteiger partial charge in [0.05, 0.1) is 0 Å². The minimum atomic E-state index is -0.330. The van der Waals surface area contributed by atoms with Crippen LogP contribution in [0.1, 0.15) is 32.8 Å². The first kappa shape index (κ1) is 16.1. The lowest BCUT2D eigenvalue weighted by atomic mass is 9.85. The fourth-order valence-electron chi connectivity index (χ4n) is 1.45. The van der Waals surface area contributed by atoms with Crippen LogP contribution in [0.3, 0.4) is 0 Å². The highest BCUT2D eigenvalue weighted by Gasteiger charge is 2.23. The van der Waals surface area contributed by atoms with Crippen molar-refractivity contribution >= 4 is 21.8 Å². The highest BCUT2D eigenvalue weighted by Crippen LogP contribution is 2.20. The molecule has 0 aliphatic rings. The molecule has 0 radical (unpaired) electrons. The molecule has 1 aromatic rings. The third-order valence-electron chi connectivity index (χ3n) is 3.00. The summed E-state index contributed by atoms with van der Waals surface area (Å²) in [5, 5.41) is 2.69. The van der Waals surface area contributed by atoms with Crippen molar-refractivity contribution < 1.29 is 9.18 Å². The average molecular weight is 331 g/mol. The number of nitrogens with one attached hydrogen (secondary N) is 1. The fraction of sp³-hybridized carbons (Fsp3) is 0.500. The number of halogens is 2. The Labute approximate surface area is 121 Å². The highest BCUT2D eigenvalue weighted by atomic mass is 79.9. The van der Waals surface area contributed by atoms with Crippen LogP contribution in [-0.4, -0.2) is 11.9 Å². The van der Waals surface area contributed by atoms with Gasteiger partial charge in [-0.1, -0.05) is 36.7 Å². The zero-order valence-electron chi connectivity index (χ0n) is 11.5. The SMILES string of the molecule is CC(C)(C)C(N)CC(=O)NCc1cc(Br)ccc1F. The Morgan fingerprint density at radius 2 is 2.11 bits per heavy atom. The first-order chi connectivity index (χ1) is 8.70. The Morgan fingerprint density at radius 3 is 2.68 bits per heavy atom. The summed E-state index contributed by atoms with van der Waals surface area (Å²) in [5.74, 6) is -0.495. The molecule has 0 aliphatic carbocycles. The van der Waals surface area contributed by atoms with Crippen molar-refractivity contribution in [3.8, 4) is 0 Å². The fourth-order valence-corrected chi connectivity index (χ4v) is 1.86. The number of rotatable bonds is 4. The van der Waals surface area contributed by atoms with E-state index in [0.717, 1.165) is 4.47 Å². The van der Waals surface area contributed by atoms with E-state index in [2.05, 4.69) is 21.2 Å². The topological polar surface area (TPSA) is 55.1 Å². The van der Waals surface area contributed by atoms with Gasteiger partial charge in [0.2, 0.25) is 5.91 Å². The quantitative estimate of drug-likeness (QED) is 0.891. The van der Waals surface area contributed by atoms with Crippen LogP contribution in [0.4, 0.5) is 4.39 Å². The normalized spacial score (nSPS) is 13.2. The molecule has 0 aliphatic heterocycles. The van der Waals surface area contributed by atoms with E-state index in [4.69, 9.17) is 5.73 Å². The van der Waals surface area contributed by atoms with E-state index in [1.165, 1.54) is 6.07 Å². The van der Waals surface area contributed by atoms with E-state index >= 15 is 0 Å². The lowest BCUT2D eigenvalue weighted by Crippen LogP contribution is -2.40. The molecule has 3 nitrogen and oxygen atoms in total. The zero-order chi connectivity index (χ0) is 14.6. The number of amides is 1. The van der Waals surface area contributed by atoms with Crippen molar-refractivity contribution in [2.75, 3.05) is 0 Å². The summed E-state index contributed by atoms with van der Waals surface area (Å²) in [7, 11) is 0. The molecule has 1 aromatic carbocycles. The standard InChI is InChI=1S/C14H20BrFN2O/c1-14(2,3)12(17)7-13(19)18-8-9-6-10(15)4-5-11(9)16/h4-6,12H,7-8,17H2,1-3H3,(H,18,19). The summed E-state index contributed by atoms with van der Waals surface area (Å²) >= 11 is 3.27. The maximum absolute atomic E-state index is 13.5. The molecule has 0 aromatic heterocycles. The molecule has 19 heavy (non-hydrogen) atoms. The Balaban J connectivity index is 2.53. The maximum Gasteiger partial charge on any atom is 0.221 e. The second-order valence-corrected chi connectivity index (χ2v) is 6.60. The molecule has 0 heterocycles. The van der Waals surface area contributed by atoms with Crippen molar-refractivity contribution in [1.82, 2.24) is 5.32 Å². The van der Waals surface area contributed by atoms with Crippen LogP contribution < -0.4 is 11.1 Å². The molecule has 5 heteroatoms. The van der Waals surface area contributed by atoms with Crippen molar-refractivity contribution in [2.24, 2.45) is 11.1 Å². The van der Waals surface area contributed by atoms with Crippen LogP contribution >= 0.6 is 15.9 Å². The van der Waals surface area contributed by atoms with E-state index in [0.29, 0.717) is 5.56 Å². The lowest BCUT2D eigenvalue weighted by Gasteiger charge is -2.26. The van der Waals surface area contributed by atoms with E-state index in [-0.39, 0.29) is 36.1 Å². The van der Waals surface area contributed by atoms with Gasteiger partial charge < -0.3 is 11.1 Å². The van der Waals surface area contributed by atoms with Gasteiger partial charge in [0.25, 0.3) is 0 Å². The third kappa shape index (κ3) is 5.28. The van der Waals surface area contributed by atoms with Crippen molar-refractivity contribution in [3.05, 3.63) is 34.1 Å². The van der Waals surface area contributed by atoms with Gasteiger partial charge in [-0.2, -0.15) is 0 Å². The van der Waals surface area contributed by atoms with Crippen LogP contribution in [0.2, 0.25) is 0 Å². The minimum Gasteiger partial charge on any atom is -0.352 e. The Kier molecular flexibility index (Phi) is 5.50. The molecule has 0 saturated carbocycles. The minimum absolute atomic E-state index is 0.127. The van der Waals surface area contributed by atoms with Gasteiger partial charge in [-0.15, -0.1) is 0 Å². The molecule has 1 atom stereocenters. The second kappa shape index (κ2) is 6.48. The predicted octanol–water partition coefficient (Wildman–Crippen LogP) is 2.97. The third-order valence-corrected chi connectivity index (χ3v) is 3.49. The van der Waals surface area contributed by atoms with Crippen molar-refractivity contribution in [2.45, 2.75) is 39.8 Å². The van der Waals surface area contributed by atoms with Gasteiger partial charge in [-0.3, -0.25) is 4.79 Å². The Morgan fingerprint density at radius 1 is 1.47 bits per heavy atom. The van der Waals surface area contributed by atoms with E-state index < -0.39 is 0 Å².